The zero-order chi connectivity index (χ0) is 91.9. The van der Waals surface area contributed by atoms with Crippen molar-refractivity contribution in [1.29, 1.82) is 0 Å². The van der Waals surface area contributed by atoms with Gasteiger partial charge in [-0.3, -0.25) is 0 Å². The number of nitrogens with zero attached hydrogens (tertiary/aromatic N) is 6. The molecule has 578 valence electrons. The average molecular weight is 1570 g/mol. The molecule has 0 unspecified atom stereocenters. The minimum Gasteiger partial charge on any atom is -0.311 e. The first kappa shape index (κ1) is 60.1. The fourth-order valence-electron chi connectivity index (χ4n) is 19.4. The van der Waals surface area contributed by atoms with E-state index in [1.807, 2.05) is 77.4 Å². The van der Waals surface area contributed by atoms with Crippen molar-refractivity contribution in [2.24, 2.45) is 0 Å². The van der Waals surface area contributed by atoms with E-state index in [0.717, 1.165) is 139 Å². The van der Waals surface area contributed by atoms with Gasteiger partial charge in [-0.25, -0.2) is 0 Å². The molecule has 2 aliphatic rings. The van der Waals surface area contributed by atoms with Crippen molar-refractivity contribution in [3.8, 4) is 67.3 Å². The number of benzene rings is 17. The van der Waals surface area contributed by atoms with E-state index >= 15 is 0 Å². The molecule has 0 spiro atoms. The highest BCUT2D eigenvalue weighted by atomic mass is 15.2. The summed E-state index contributed by atoms with van der Waals surface area (Å²) in [5, 5.41) is 5.14. The van der Waals surface area contributed by atoms with Gasteiger partial charge >= 0.3 is 0 Å². The van der Waals surface area contributed by atoms with Crippen LogP contribution in [0.4, 0.5) is 34.1 Å². The second-order valence-corrected chi connectivity index (χ2v) is 35.6. The molecular formula is C114H89BN6. The van der Waals surface area contributed by atoms with Gasteiger partial charge < -0.3 is 28.1 Å². The van der Waals surface area contributed by atoms with Crippen LogP contribution in [0.1, 0.15) is 95.5 Å². The van der Waals surface area contributed by atoms with Crippen molar-refractivity contribution >= 4 is 144 Å². The topological polar surface area (TPSA) is 26.2 Å². The normalized spacial score (nSPS) is 14.3. The lowest BCUT2D eigenvalue weighted by molar-refractivity contribution is 0.590. The maximum Gasteiger partial charge on any atom is 0.252 e. The largest absolute Gasteiger partial charge is 0.311 e. The third-order valence-electron chi connectivity index (χ3n) is 25.3. The molecular weight excluding hydrogens is 1460 g/mol. The molecule has 6 nitrogen and oxygen atoms in total. The lowest BCUT2D eigenvalue weighted by Gasteiger charge is -2.45. The van der Waals surface area contributed by atoms with Crippen LogP contribution < -0.4 is 26.2 Å². The van der Waals surface area contributed by atoms with E-state index in [9.17, 15) is 16.4 Å². The van der Waals surface area contributed by atoms with Crippen LogP contribution in [0.3, 0.4) is 0 Å². The fourth-order valence-corrected chi connectivity index (χ4v) is 19.4. The molecule has 0 saturated heterocycles. The first-order valence-corrected chi connectivity index (χ1v) is 41.7. The number of anilines is 6. The summed E-state index contributed by atoms with van der Waals surface area (Å²) < 4.78 is 126. The Morgan fingerprint density at radius 3 is 1.04 bits per heavy atom. The third-order valence-corrected chi connectivity index (χ3v) is 25.3. The first-order valence-electron chi connectivity index (χ1n) is 47.7. The number of fused-ring (bicyclic) bond motifs is 16. The van der Waals surface area contributed by atoms with Crippen molar-refractivity contribution in [2.45, 2.75) is 78.6 Å². The van der Waals surface area contributed by atoms with Crippen molar-refractivity contribution in [3.05, 3.63) is 393 Å². The highest BCUT2D eigenvalue weighted by molar-refractivity contribution is 7.00. The van der Waals surface area contributed by atoms with Crippen LogP contribution in [0, 0.1) is 0 Å². The average Bonchev–Trinajstić information content (AvgIpc) is 1.65. The van der Waals surface area contributed by atoms with Crippen molar-refractivity contribution in [1.82, 2.24) is 18.3 Å². The minimum absolute atomic E-state index is 0.0311. The van der Waals surface area contributed by atoms with E-state index in [-0.39, 0.29) is 56.3 Å². The molecule has 17 aromatic carbocycles. The Morgan fingerprint density at radius 2 is 0.579 bits per heavy atom. The fraction of sp³-hybridized carbons (Fsp3) is 0.105. The monoisotopic (exact) mass is 1560 g/mol. The molecule has 6 heterocycles. The van der Waals surface area contributed by atoms with Gasteiger partial charge in [0.05, 0.1) is 72.0 Å². The molecule has 121 heavy (non-hydrogen) atoms. The molecule has 23 rings (SSSR count). The highest BCUT2D eigenvalue weighted by Gasteiger charge is 2.46. The van der Waals surface area contributed by atoms with Gasteiger partial charge in [0, 0.05) is 99.7 Å². The quantitative estimate of drug-likeness (QED) is 0.128. The highest BCUT2D eigenvalue weighted by Crippen LogP contribution is 2.55. The summed E-state index contributed by atoms with van der Waals surface area (Å²) in [6.07, 6.45) is 0. The van der Waals surface area contributed by atoms with Crippen LogP contribution in [0.25, 0.3) is 154 Å². The molecule has 2 aliphatic heterocycles. The second kappa shape index (κ2) is 27.1. The molecule has 7 heteroatoms. The molecule has 0 atom stereocenters. The Balaban J connectivity index is 0.932. The van der Waals surface area contributed by atoms with E-state index in [2.05, 4.69) is 312 Å². The molecule has 0 bridgehead atoms. The summed E-state index contributed by atoms with van der Waals surface area (Å²) in [4.78, 5) is 4.78. The first-order chi connectivity index (χ1) is 63.9. The van der Waals surface area contributed by atoms with Crippen molar-refractivity contribution in [2.75, 3.05) is 9.80 Å². The van der Waals surface area contributed by atoms with Gasteiger partial charge in [0.15, 0.2) is 0 Å². The predicted octanol–water partition coefficient (Wildman–Crippen LogP) is 28.7. The van der Waals surface area contributed by atoms with Gasteiger partial charge in [-0.1, -0.05) is 299 Å². The zero-order valence-electron chi connectivity index (χ0n) is 80.6. The standard InChI is InChI=1S/C114H89BN6/c1-112(2,3)78-50-57-103-93(63-78)94-64-79(113(4,5)6)51-58-104(94)118(103)83-53-56-97-107(69-83)121(111-91(74-36-18-12-19-37-74)65-80(114(7,8)9)66-92(111)75-38-20-13-21-39-75)109-71-85(119-102-49-31-26-44-90(102)95-67-81(54-59-105(95)119)116-98-45-27-22-40-86(98)87-41-23-28-46-99(87)116)70-108-110(109)115(97)96-55-52-82(117-100-47-29-24-42-88(100)89-43-25-30-48-101(89)117)68-106(96)120(108)84-61-76(72-32-14-10-15-33-72)60-77(62-84)73-34-16-11-17-35-73/h10-71H,1-9H3/i24D,25D,26D,29D,30D,31D,42D,43D,44D,47D,48D,49D. The van der Waals surface area contributed by atoms with Crippen LogP contribution in [-0.4, -0.2) is 25.0 Å². The van der Waals surface area contributed by atoms with Crippen molar-refractivity contribution in [3.63, 3.8) is 0 Å². The lowest BCUT2D eigenvalue weighted by atomic mass is 9.33. The van der Waals surface area contributed by atoms with E-state index < -0.39 is 66.5 Å². The van der Waals surface area contributed by atoms with Crippen LogP contribution >= 0.6 is 0 Å². The number of para-hydroxylation sites is 5. The molecule has 0 radical (unpaired) electrons. The number of hydrogen-bond acceptors (Lipinski definition) is 2. The lowest BCUT2D eigenvalue weighted by Crippen LogP contribution is -2.61. The van der Waals surface area contributed by atoms with Gasteiger partial charge in [0.25, 0.3) is 6.71 Å². The zero-order valence-corrected chi connectivity index (χ0v) is 68.6. The molecule has 21 aromatic rings. The Hall–Kier alpha value is -14.4. The summed E-state index contributed by atoms with van der Waals surface area (Å²) in [6, 6.07) is 102. The minimum atomic E-state index is -0.710. The maximum atomic E-state index is 10.6. The predicted molar refractivity (Wildman–Crippen MR) is 516 cm³/mol. The van der Waals surface area contributed by atoms with Crippen LogP contribution in [0.5, 0.6) is 0 Å². The van der Waals surface area contributed by atoms with E-state index in [1.54, 1.807) is 4.57 Å². The second-order valence-electron chi connectivity index (χ2n) is 35.6. The Labute approximate surface area is 723 Å². The summed E-state index contributed by atoms with van der Waals surface area (Å²) in [7, 11) is 0. The summed E-state index contributed by atoms with van der Waals surface area (Å²) in [6.45, 7) is 19.6. The summed E-state index contributed by atoms with van der Waals surface area (Å²) in [5.74, 6) is 0. The van der Waals surface area contributed by atoms with E-state index in [1.165, 1.54) is 11.1 Å². The number of rotatable bonds is 10. The van der Waals surface area contributed by atoms with E-state index in [4.69, 9.17) is 0 Å². The Bertz CT molecular complexity index is 8290. The van der Waals surface area contributed by atoms with Gasteiger partial charge in [0.2, 0.25) is 0 Å². The van der Waals surface area contributed by atoms with Gasteiger partial charge in [0.1, 0.15) is 0 Å². The number of hydrogen-bond donors (Lipinski definition) is 0. The van der Waals surface area contributed by atoms with Crippen LogP contribution in [0.2, 0.25) is 0 Å². The Morgan fingerprint density at radius 1 is 0.231 bits per heavy atom. The van der Waals surface area contributed by atoms with Gasteiger partial charge in [-0.2, -0.15) is 0 Å². The smallest absolute Gasteiger partial charge is 0.252 e. The molecule has 4 aromatic heterocycles. The van der Waals surface area contributed by atoms with Gasteiger partial charge in [-0.05, 0) is 222 Å². The van der Waals surface area contributed by atoms with Gasteiger partial charge in [-0.15, -0.1) is 0 Å². The number of aromatic nitrogens is 4. The molecule has 0 N–H and O–H groups in total. The van der Waals surface area contributed by atoms with Crippen LogP contribution in [0.15, 0.2) is 376 Å². The van der Waals surface area contributed by atoms with E-state index in [0.29, 0.717) is 44.7 Å². The molecule has 0 amide bonds. The molecule has 0 aliphatic carbocycles. The summed E-state index contributed by atoms with van der Waals surface area (Å²) >= 11 is 0. The molecule has 0 saturated carbocycles. The van der Waals surface area contributed by atoms with Crippen LogP contribution in [-0.2, 0) is 16.2 Å². The third kappa shape index (κ3) is 11.4. The molecule has 0 fully saturated rings. The van der Waals surface area contributed by atoms with Crippen molar-refractivity contribution < 1.29 is 16.4 Å². The SMILES string of the molecule is [2H]c1c([2H])c([2H])c2c(c1[2H])c1cc(-n3c4ccccc4c4ccccc43)ccc1n2-c1cc2c3c(c1)N(c1c(-c4ccccc4)cc(C(C)(C)C)cc1-c1ccccc1)c1cc(-n4c5ccc(C(C)(C)C)cc5c5cc(C(C)(C)C)ccc54)ccc1B3c1ccc(-n3c4c([2H])c([2H])c([2H])c([2H])c4c4c([2H])c([2H])c([2H])c([2H])c43)cc1N2c1cc(-c2ccccc2)cc(-c2ccccc2)c1. The maximum absolute atomic E-state index is 10.6. The Kier molecular flexibility index (Phi) is 13.5. The summed E-state index contributed by atoms with van der Waals surface area (Å²) in [5.41, 5.74) is 24.4.